The van der Waals surface area contributed by atoms with Crippen LogP contribution in [0.2, 0.25) is 0 Å². The maximum absolute atomic E-state index is 12.5. The van der Waals surface area contributed by atoms with Gasteiger partial charge in [0.25, 0.3) is 11.8 Å². The van der Waals surface area contributed by atoms with Crippen molar-refractivity contribution in [3.63, 3.8) is 0 Å². The standard InChI is InChI=1S/C25H23NO6/c1-3-16-7-9-18-17(13-23(28)32-21(18)12-16)14-31-22(27)5-4-10-26-24(29)19-8-6-15(2)11-20(19)25(26)30/h6-9,11-13H,3-5,10,14H2,1-2H3. The van der Waals surface area contributed by atoms with Gasteiger partial charge < -0.3 is 9.15 Å². The molecular weight excluding hydrogens is 410 g/mol. The van der Waals surface area contributed by atoms with Crippen LogP contribution in [0.25, 0.3) is 11.0 Å². The third-order valence-electron chi connectivity index (χ3n) is 5.58. The Morgan fingerprint density at radius 2 is 1.78 bits per heavy atom. The maximum atomic E-state index is 12.5. The molecular formula is C25H23NO6. The molecule has 0 bridgehead atoms. The van der Waals surface area contributed by atoms with Crippen molar-refractivity contribution in [2.24, 2.45) is 0 Å². The number of rotatable bonds is 7. The van der Waals surface area contributed by atoms with Crippen molar-refractivity contribution in [1.82, 2.24) is 4.90 Å². The van der Waals surface area contributed by atoms with Gasteiger partial charge in [0, 0.05) is 30.0 Å². The summed E-state index contributed by atoms with van der Waals surface area (Å²) in [5, 5.41) is 0.718. The van der Waals surface area contributed by atoms with Crippen molar-refractivity contribution >= 4 is 28.8 Å². The molecule has 32 heavy (non-hydrogen) atoms. The van der Waals surface area contributed by atoms with Gasteiger partial charge in [0.1, 0.15) is 12.2 Å². The normalized spacial score (nSPS) is 13.0. The highest BCUT2D eigenvalue weighted by Crippen LogP contribution is 2.24. The molecule has 0 radical (unpaired) electrons. The number of carbonyl (C=O) groups is 3. The van der Waals surface area contributed by atoms with Crippen LogP contribution >= 0.6 is 0 Å². The zero-order chi connectivity index (χ0) is 22.8. The predicted octanol–water partition coefficient (Wildman–Crippen LogP) is 3.78. The summed E-state index contributed by atoms with van der Waals surface area (Å²) < 4.78 is 10.6. The van der Waals surface area contributed by atoms with E-state index in [0.29, 0.717) is 28.7 Å². The number of nitrogens with zero attached hydrogens (tertiary/aromatic N) is 1. The Kier molecular flexibility index (Phi) is 5.90. The van der Waals surface area contributed by atoms with E-state index >= 15 is 0 Å². The molecule has 0 N–H and O–H groups in total. The zero-order valence-electron chi connectivity index (χ0n) is 18.0. The van der Waals surface area contributed by atoms with E-state index in [1.807, 2.05) is 32.0 Å². The van der Waals surface area contributed by atoms with Crippen LogP contribution < -0.4 is 5.63 Å². The Balaban J connectivity index is 1.34. The monoisotopic (exact) mass is 433 g/mol. The van der Waals surface area contributed by atoms with Gasteiger partial charge in [-0.3, -0.25) is 19.3 Å². The van der Waals surface area contributed by atoms with Gasteiger partial charge in [0.2, 0.25) is 0 Å². The first-order valence-corrected chi connectivity index (χ1v) is 10.6. The molecule has 0 saturated carbocycles. The molecule has 3 aromatic rings. The van der Waals surface area contributed by atoms with Crippen LogP contribution in [-0.2, 0) is 22.6 Å². The molecule has 0 spiro atoms. The van der Waals surface area contributed by atoms with Crippen LogP contribution in [0.15, 0.2) is 51.7 Å². The second kappa shape index (κ2) is 8.78. The number of aryl methyl sites for hydroxylation is 2. The third-order valence-corrected chi connectivity index (χ3v) is 5.58. The molecule has 2 amide bonds. The van der Waals surface area contributed by atoms with E-state index < -0.39 is 11.6 Å². The lowest BCUT2D eigenvalue weighted by atomic mass is 10.1. The number of esters is 1. The lowest BCUT2D eigenvalue weighted by Crippen LogP contribution is -2.31. The topological polar surface area (TPSA) is 93.9 Å². The van der Waals surface area contributed by atoms with Crippen LogP contribution in [0.3, 0.4) is 0 Å². The maximum Gasteiger partial charge on any atom is 0.336 e. The second-order valence-electron chi connectivity index (χ2n) is 7.85. The molecule has 4 rings (SSSR count). The summed E-state index contributed by atoms with van der Waals surface area (Å²) in [5.41, 5.74) is 3.27. The lowest BCUT2D eigenvalue weighted by molar-refractivity contribution is -0.145. The largest absolute Gasteiger partial charge is 0.461 e. The number of carbonyl (C=O) groups excluding carboxylic acids is 3. The average Bonchev–Trinajstić information content (AvgIpc) is 3.01. The first kappa shape index (κ1) is 21.5. The van der Waals surface area contributed by atoms with Gasteiger partial charge in [0.15, 0.2) is 0 Å². The molecule has 7 heteroatoms. The Bertz CT molecular complexity index is 1290. The molecule has 0 fully saturated rings. The van der Waals surface area contributed by atoms with E-state index in [1.165, 1.54) is 11.0 Å². The quantitative estimate of drug-likeness (QED) is 0.320. The van der Waals surface area contributed by atoms with Crippen LogP contribution in [0.5, 0.6) is 0 Å². The first-order chi connectivity index (χ1) is 15.4. The van der Waals surface area contributed by atoms with Crippen molar-refractivity contribution in [2.45, 2.75) is 39.7 Å². The Labute approximate surface area is 184 Å². The van der Waals surface area contributed by atoms with Crippen molar-refractivity contribution in [2.75, 3.05) is 6.54 Å². The summed E-state index contributed by atoms with van der Waals surface area (Å²) in [6.45, 7) is 3.95. The fraction of sp³-hybridized carbons (Fsp3) is 0.280. The highest BCUT2D eigenvalue weighted by Gasteiger charge is 2.35. The number of benzene rings is 2. The fourth-order valence-electron chi connectivity index (χ4n) is 3.83. The molecule has 1 aliphatic rings. The van der Waals surface area contributed by atoms with E-state index in [-0.39, 0.29) is 31.4 Å². The number of imide groups is 1. The fourth-order valence-corrected chi connectivity index (χ4v) is 3.83. The lowest BCUT2D eigenvalue weighted by Gasteiger charge is -2.13. The Morgan fingerprint density at radius 1 is 1.00 bits per heavy atom. The van der Waals surface area contributed by atoms with Gasteiger partial charge in [-0.1, -0.05) is 30.7 Å². The third kappa shape index (κ3) is 4.19. The number of ether oxygens (including phenoxy) is 1. The van der Waals surface area contributed by atoms with E-state index in [4.69, 9.17) is 9.15 Å². The molecule has 0 atom stereocenters. The van der Waals surface area contributed by atoms with Crippen LogP contribution in [0, 0.1) is 6.92 Å². The van der Waals surface area contributed by atoms with Crippen molar-refractivity contribution < 1.29 is 23.5 Å². The van der Waals surface area contributed by atoms with Crippen molar-refractivity contribution in [3.8, 4) is 0 Å². The molecule has 1 aromatic heterocycles. The average molecular weight is 433 g/mol. The zero-order valence-corrected chi connectivity index (χ0v) is 18.0. The molecule has 164 valence electrons. The predicted molar refractivity (Wildman–Crippen MR) is 117 cm³/mol. The van der Waals surface area contributed by atoms with Gasteiger partial charge >= 0.3 is 11.6 Å². The summed E-state index contributed by atoms with van der Waals surface area (Å²) in [7, 11) is 0. The van der Waals surface area contributed by atoms with Crippen molar-refractivity contribution in [3.05, 3.63) is 80.7 Å². The van der Waals surface area contributed by atoms with Gasteiger partial charge in [-0.25, -0.2) is 4.79 Å². The smallest absolute Gasteiger partial charge is 0.336 e. The van der Waals surface area contributed by atoms with Gasteiger partial charge in [-0.15, -0.1) is 0 Å². The van der Waals surface area contributed by atoms with Crippen LogP contribution in [0.4, 0.5) is 0 Å². The van der Waals surface area contributed by atoms with E-state index in [9.17, 15) is 19.2 Å². The van der Waals surface area contributed by atoms with Gasteiger partial charge in [-0.05, 0) is 43.5 Å². The first-order valence-electron chi connectivity index (χ1n) is 10.6. The number of hydrogen-bond acceptors (Lipinski definition) is 6. The molecule has 2 aromatic carbocycles. The van der Waals surface area contributed by atoms with E-state index in [2.05, 4.69) is 0 Å². The number of fused-ring (bicyclic) bond motifs is 2. The van der Waals surface area contributed by atoms with Crippen LogP contribution in [-0.4, -0.2) is 29.2 Å². The van der Waals surface area contributed by atoms with Crippen molar-refractivity contribution in [1.29, 1.82) is 0 Å². The van der Waals surface area contributed by atoms with Gasteiger partial charge in [0.05, 0.1) is 11.1 Å². The summed E-state index contributed by atoms with van der Waals surface area (Å²) >= 11 is 0. The van der Waals surface area contributed by atoms with E-state index in [1.54, 1.807) is 18.2 Å². The molecule has 7 nitrogen and oxygen atoms in total. The molecule has 0 saturated heterocycles. The van der Waals surface area contributed by atoms with Gasteiger partial charge in [-0.2, -0.15) is 0 Å². The Morgan fingerprint density at radius 3 is 2.56 bits per heavy atom. The SMILES string of the molecule is CCc1ccc2c(COC(=O)CCCN3C(=O)c4ccc(C)cc4C3=O)cc(=O)oc2c1. The minimum atomic E-state index is -0.502. The molecule has 0 unspecified atom stereocenters. The highest BCUT2D eigenvalue weighted by atomic mass is 16.5. The number of amides is 2. The molecule has 1 aliphatic heterocycles. The summed E-state index contributed by atoms with van der Waals surface area (Å²) in [6, 6.07) is 12.1. The minimum absolute atomic E-state index is 0.0474. The summed E-state index contributed by atoms with van der Waals surface area (Å²) in [4.78, 5) is 50.2. The summed E-state index contributed by atoms with van der Waals surface area (Å²) in [6.07, 6.45) is 1.15. The second-order valence-corrected chi connectivity index (χ2v) is 7.85. The molecule has 0 aliphatic carbocycles. The molecule has 2 heterocycles. The number of hydrogen-bond donors (Lipinski definition) is 0. The highest BCUT2D eigenvalue weighted by molar-refractivity contribution is 6.21. The Hall–Kier alpha value is -3.74. The van der Waals surface area contributed by atoms with Crippen LogP contribution in [0.1, 0.15) is 57.2 Å². The minimum Gasteiger partial charge on any atom is -0.461 e. The summed E-state index contributed by atoms with van der Waals surface area (Å²) in [5.74, 6) is -1.15. The van der Waals surface area contributed by atoms with E-state index in [0.717, 1.165) is 22.9 Å².